The topological polar surface area (TPSA) is 17.1 Å². The molecule has 1 atom stereocenters. The van der Waals surface area contributed by atoms with Crippen molar-refractivity contribution in [3.05, 3.63) is 0 Å². The van der Waals surface area contributed by atoms with Gasteiger partial charge in [-0.25, -0.2) is 0 Å². The summed E-state index contributed by atoms with van der Waals surface area (Å²) in [6, 6.07) is 0. The van der Waals surface area contributed by atoms with Gasteiger partial charge >= 0.3 is 0 Å². The van der Waals surface area contributed by atoms with E-state index in [1.807, 2.05) is 0 Å². The van der Waals surface area contributed by atoms with E-state index in [-0.39, 0.29) is 15.2 Å². The zero-order valence-corrected chi connectivity index (χ0v) is 13.0. The van der Waals surface area contributed by atoms with Crippen LogP contribution in [-0.2, 0) is 4.79 Å². The smallest absolute Gasteiger partial charge is 0.247 e. The van der Waals surface area contributed by atoms with E-state index in [4.69, 9.17) is 0 Å². The molecular weight excluding hydrogens is 211 g/mol. The zero-order valence-electron chi connectivity index (χ0n) is 11.6. The Morgan fingerprint density at radius 3 is 2.31 bits per heavy atom. The zero-order chi connectivity index (χ0) is 12.2. The van der Waals surface area contributed by atoms with Crippen molar-refractivity contribution in [2.75, 3.05) is 0 Å². The fourth-order valence-corrected chi connectivity index (χ4v) is 3.71. The lowest BCUT2D eigenvalue weighted by Gasteiger charge is -2.05. The quantitative estimate of drug-likeness (QED) is 0.390. The third kappa shape index (κ3) is 9.43. The summed E-state index contributed by atoms with van der Waals surface area (Å²) < 4.78 is 0. The Morgan fingerprint density at radius 2 is 1.69 bits per heavy atom. The molecule has 0 rings (SSSR count). The third-order valence-corrected chi connectivity index (χ3v) is 5.29. The summed E-state index contributed by atoms with van der Waals surface area (Å²) in [6.07, 6.45) is 9.33. The highest BCUT2D eigenvalue weighted by Gasteiger charge is 2.10. The molecule has 0 saturated heterocycles. The first-order valence-corrected chi connectivity index (χ1v) is 9.25. The summed E-state index contributed by atoms with van der Waals surface area (Å²) in [5, 5.41) is 2.33. The van der Waals surface area contributed by atoms with Crippen LogP contribution in [0.4, 0.5) is 0 Å². The molecule has 0 spiro atoms. The normalized spacial score (nSPS) is 12.4. The van der Waals surface area contributed by atoms with Crippen molar-refractivity contribution in [1.29, 1.82) is 0 Å². The van der Waals surface area contributed by atoms with Gasteiger partial charge in [0.2, 0.25) is 15.2 Å². The van der Waals surface area contributed by atoms with Gasteiger partial charge in [0.25, 0.3) is 0 Å². The molecule has 0 aromatic heterocycles. The summed E-state index contributed by atoms with van der Waals surface area (Å²) in [5.74, 6) is 0.845. The third-order valence-electron chi connectivity index (χ3n) is 3.44. The Bertz CT molecular complexity index is 168. The van der Waals surface area contributed by atoms with Crippen molar-refractivity contribution in [2.24, 2.45) is 5.92 Å². The first-order valence-electron chi connectivity index (χ1n) is 7.25. The fraction of sp³-hybridized carbons (Fsp3) is 0.929. The van der Waals surface area contributed by atoms with Crippen LogP contribution in [0.5, 0.6) is 0 Å². The number of ketones is 1. The molecule has 0 amide bonds. The molecule has 0 heterocycles. The van der Waals surface area contributed by atoms with E-state index >= 15 is 0 Å². The monoisotopic (exact) mass is 240 g/mol. The minimum absolute atomic E-state index is 0.0773. The molecule has 0 radical (unpaired) electrons. The largest absolute Gasteiger partial charge is 0.301 e. The number of carbonyl (C=O) groups excluding carboxylic acids is 1. The van der Waals surface area contributed by atoms with Crippen LogP contribution < -0.4 is 0 Å². The van der Waals surface area contributed by atoms with Crippen LogP contribution in [0, 0.1) is 5.92 Å². The van der Waals surface area contributed by atoms with Gasteiger partial charge in [-0.3, -0.25) is 0 Å². The molecule has 0 aliphatic rings. The van der Waals surface area contributed by atoms with Crippen molar-refractivity contribution in [3.8, 4) is 0 Å². The van der Waals surface area contributed by atoms with Gasteiger partial charge in [0.15, 0.2) is 0 Å². The van der Waals surface area contributed by atoms with Gasteiger partial charge < -0.3 is 4.79 Å². The highest BCUT2D eigenvalue weighted by Crippen LogP contribution is 2.09. The number of rotatable bonds is 11. The molecule has 0 aliphatic carbocycles. The van der Waals surface area contributed by atoms with Gasteiger partial charge in [-0.05, 0) is 11.7 Å². The fourth-order valence-electron chi connectivity index (χ4n) is 1.91. The maximum Gasteiger partial charge on any atom is 0.247 e. The molecule has 0 saturated carbocycles. The highest BCUT2D eigenvalue weighted by atomic mass is 27.1. The summed E-state index contributed by atoms with van der Waals surface area (Å²) >= 11 is -0.0773. The van der Waals surface area contributed by atoms with Gasteiger partial charge in [-0.1, -0.05) is 64.6 Å². The molecular formula is C14H29AlO. The van der Waals surface area contributed by atoms with Crippen molar-refractivity contribution in [3.63, 3.8) is 0 Å². The van der Waals surface area contributed by atoms with Crippen molar-refractivity contribution >= 4 is 21.0 Å². The first-order chi connectivity index (χ1) is 7.72. The summed E-state index contributed by atoms with van der Waals surface area (Å²) in [7, 11) is 0. The van der Waals surface area contributed by atoms with E-state index in [0.717, 1.165) is 11.7 Å². The second kappa shape index (κ2) is 11.7. The van der Waals surface area contributed by atoms with E-state index in [0.29, 0.717) is 11.7 Å². The second-order valence-electron chi connectivity index (χ2n) is 5.00. The molecule has 1 nitrogen and oxygen atoms in total. The Hall–Kier alpha value is 0.202. The number of hydrogen-bond acceptors (Lipinski definition) is 1. The molecule has 0 aliphatic heterocycles. The average Bonchev–Trinajstić information content (AvgIpc) is 2.31. The lowest BCUT2D eigenvalue weighted by Crippen LogP contribution is -2.11. The maximum atomic E-state index is 11.6. The first kappa shape index (κ1) is 16.2. The Kier molecular flexibility index (Phi) is 11.8. The van der Waals surface area contributed by atoms with Gasteiger partial charge in [-0.2, -0.15) is 0 Å². The SMILES string of the molecule is CCCCCCC[CH2][AlH][CH2]C(=O)C(C)CC. The minimum atomic E-state index is -0.0773. The minimum Gasteiger partial charge on any atom is -0.301 e. The molecule has 0 bridgehead atoms. The number of carbonyl (C=O) groups is 1. The van der Waals surface area contributed by atoms with Crippen LogP contribution in [0.25, 0.3) is 0 Å². The van der Waals surface area contributed by atoms with Crippen molar-refractivity contribution in [1.82, 2.24) is 0 Å². The average molecular weight is 240 g/mol. The van der Waals surface area contributed by atoms with Crippen LogP contribution >= 0.6 is 0 Å². The number of unbranched alkanes of at least 4 members (excludes halogenated alkanes) is 5. The maximum absolute atomic E-state index is 11.6. The lowest BCUT2D eigenvalue weighted by molar-refractivity contribution is -0.120. The van der Waals surface area contributed by atoms with E-state index in [9.17, 15) is 4.79 Å². The Morgan fingerprint density at radius 1 is 1.06 bits per heavy atom. The summed E-state index contributed by atoms with van der Waals surface area (Å²) in [5.41, 5.74) is 0. The van der Waals surface area contributed by atoms with E-state index < -0.39 is 0 Å². The Balaban J connectivity index is 3.18. The predicted molar refractivity (Wildman–Crippen MR) is 74.6 cm³/mol. The molecule has 1 unspecified atom stereocenters. The molecule has 0 aromatic carbocycles. The molecule has 16 heavy (non-hydrogen) atoms. The van der Waals surface area contributed by atoms with E-state index in [1.165, 1.54) is 43.8 Å². The van der Waals surface area contributed by atoms with Gasteiger partial charge in [0, 0.05) is 5.92 Å². The van der Waals surface area contributed by atoms with E-state index in [2.05, 4.69) is 20.8 Å². The van der Waals surface area contributed by atoms with Crippen LogP contribution in [0.15, 0.2) is 0 Å². The van der Waals surface area contributed by atoms with E-state index in [1.54, 1.807) is 0 Å². The second-order valence-corrected chi connectivity index (χ2v) is 6.91. The van der Waals surface area contributed by atoms with Crippen LogP contribution in [0.1, 0.15) is 65.7 Å². The van der Waals surface area contributed by atoms with Gasteiger partial charge in [-0.15, -0.1) is 0 Å². The molecule has 0 fully saturated rings. The summed E-state index contributed by atoms with van der Waals surface area (Å²) in [4.78, 5) is 11.6. The van der Waals surface area contributed by atoms with Crippen LogP contribution in [-0.4, -0.2) is 21.0 Å². The van der Waals surface area contributed by atoms with Gasteiger partial charge in [0.1, 0.15) is 5.78 Å². The molecule has 94 valence electrons. The lowest BCUT2D eigenvalue weighted by atomic mass is 10.1. The molecule has 0 aromatic rings. The standard InChI is InChI=1S/C8H17.C6H11O.Al.H/c1-3-5-7-8-6-4-2;1-4-5(2)6(3)7;;/h1,3-8H2,2H3;5H,3-4H2,1-2H3;;. The van der Waals surface area contributed by atoms with Crippen molar-refractivity contribution in [2.45, 2.75) is 76.3 Å². The summed E-state index contributed by atoms with van der Waals surface area (Å²) in [6.45, 7) is 6.44. The number of hydrogen-bond donors (Lipinski definition) is 0. The van der Waals surface area contributed by atoms with Crippen molar-refractivity contribution < 1.29 is 4.79 Å². The predicted octanol–water partition coefficient (Wildman–Crippen LogP) is 4.24. The Labute approximate surface area is 108 Å². The highest BCUT2D eigenvalue weighted by molar-refractivity contribution is 6.41. The molecule has 2 heteroatoms. The van der Waals surface area contributed by atoms with Gasteiger partial charge in [0.05, 0.1) is 0 Å². The number of Topliss-reactive ketones (excluding diaryl/α,β-unsaturated/α-hetero) is 1. The van der Waals surface area contributed by atoms with Crippen LogP contribution in [0.2, 0.25) is 10.6 Å². The van der Waals surface area contributed by atoms with Crippen LogP contribution in [0.3, 0.4) is 0 Å². The molecule has 0 N–H and O–H groups in total.